The maximum absolute atomic E-state index is 13.7. The molecule has 1 aromatic heterocycles. The normalized spacial score (nSPS) is 11.1. The van der Waals surface area contributed by atoms with E-state index in [1.165, 1.54) is 18.5 Å². The number of benzene rings is 1. The number of nitrogens with two attached hydrogens (primary N) is 1. The van der Waals surface area contributed by atoms with Crippen molar-refractivity contribution >= 4 is 23.5 Å². The van der Waals surface area contributed by atoms with Crippen LogP contribution in [0, 0.1) is 5.82 Å². The molecule has 0 aliphatic heterocycles. The first-order valence-electron chi connectivity index (χ1n) is 5.12. The molecule has 2 N–H and O–H groups in total. The predicted molar refractivity (Wildman–Crippen MR) is 70.4 cm³/mol. The lowest BCUT2D eigenvalue weighted by Gasteiger charge is -2.06. The van der Waals surface area contributed by atoms with Gasteiger partial charge in [-0.15, -0.1) is 0 Å². The lowest BCUT2D eigenvalue weighted by atomic mass is 10.1. The molecule has 92 valence electrons. The lowest BCUT2D eigenvalue weighted by Crippen LogP contribution is -1.99. The van der Waals surface area contributed by atoms with Crippen LogP contribution in [0.5, 0.6) is 0 Å². The van der Waals surface area contributed by atoms with Crippen LogP contribution < -0.4 is 5.73 Å². The van der Waals surface area contributed by atoms with Gasteiger partial charge in [0.2, 0.25) is 5.28 Å². The first-order valence-corrected chi connectivity index (χ1v) is 5.49. The fourth-order valence-corrected chi connectivity index (χ4v) is 1.68. The molecule has 2 rings (SSSR count). The van der Waals surface area contributed by atoms with Gasteiger partial charge in [-0.1, -0.05) is 0 Å². The third-order valence-electron chi connectivity index (χ3n) is 2.35. The molecule has 0 aliphatic carbocycles. The van der Waals surface area contributed by atoms with Crippen molar-refractivity contribution in [3.05, 3.63) is 41.1 Å². The highest BCUT2D eigenvalue weighted by Crippen LogP contribution is 2.24. The molecule has 0 amide bonds. The van der Waals surface area contributed by atoms with Crippen molar-refractivity contribution in [2.24, 2.45) is 4.99 Å². The van der Waals surface area contributed by atoms with Gasteiger partial charge in [0.05, 0.1) is 11.4 Å². The van der Waals surface area contributed by atoms with Crippen molar-refractivity contribution in [2.45, 2.75) is 0 Å². The number of nitrogen functional groups attached to an aromatic ring is 1. The molecule has 0 radical (unpaired) electrons. The number of aromatic nitrogens is 2. The summed E-state index contributed by atoms with van der Waals surface area (Å²) in [5, 5.41) is 0.107. The molecule has 1 aromatic carbocycles. The average molecular weight is 265 g/mol. The van der Waals surface area contributed by atoms with E-state index in [-0.39, 0.29) is 11.0 Å². The van der Waals surface area contributed by atoms with Crippen molar-refractivity contribution in [3.63, 3.8) is 0 Å². The molecule has 1 heterocycles. The summed E-state index contributed by atoms with van der Waals surface area (Å²) >= 11 is 5.70. The third kappa shape index (κ3) is 2.46. The number of anilines is 1. The highest BCUT2D eigenvalue weighted by Gasteiger charge is 2.09. The molecular formula is C12H10ClFN4. The molecule has 0 saturated carbocycles. The summed E-state index contributed by atoms with van der Waals surface area (Å²) in [4.78, 5) is 11.6. The summed E-state index contributed by atoms with van der Waals surface area (Å²) in [6.07, 6.45) is 3.00. The second-order valence-corrected chi connectivity index (χ2v) is 3.90. The molecule has 4 nitrogen and oxygen atoms in total. The summed E-state index contributed by atoms with van der Waals surface area (Å²) in [5.41, 5.74) is 7.28. The Bertz CT molecular complexity index is 613. The minimum atomic E-state index is -0.517. The Labute approximate surface area is 108 Å². The molecule has 0 aliphatic rings. The lowest BCUT2D eigenvalue weighted by molar-refractivity contribution is 0.633. The molecule has 0 saturated heterocycles. The van der Waals surface area contributed by atoms with Crippen LogP contribution in [0.25, 0.3) is 11.3 Å². The molecule has 2 aromatic rings. The Hall–Kier alpha value is -2.01. The maximum Gasteiger partial charge on any atom is 0.222 e. The second-order valence-electron chi connectivity index (χ2n) is 3.56. The van der Waals surface area contributed by atoms with E-state index in [0.29, 0.717) is 16.8 Å². The zero-order chi connectivity index (χ0) is 13.1. The summed E-state index contributed by atoms with van der Waals surface area (Å²) in [5.74, 6) is -0.517. The standard InChI is InChI=1S/C12H10ClFN4/c1-16-6-8-4-7(5-9(14)11(8)15)10-2-3-17-12(13)18-10/h2-6H,15H2,1H3. The SMILES string of the molecule is CN=Cc1cc(-c2ccnc(Cl)n2)cc(F)c1N. The highest BCUT2D eigenvalue weighted by molar-refractivity contribution is 6.28. The fourth-order valence-electron chi connectivity index (χ4n) is 1.53. The van der Waals surface area contributed by atoms with E-state index in [4.69, 9.17) is 17.3 Å². The van der Waals surface area contributed by atoms with Gasteiger partial charge in [0.15, 0.2) is 0 Å². The van der Waals surface area contributed by atoms with E-state index in [9.17, 15) is 4.39 Å². The van der Waals surface area contributed by atoms with Crippen LogP contribution in [0.2, 0.25) is 5.28 Å². The van der Waals surface area contributed by atoms with Crippen LogP contribution in [0.3, 0.4) is 0 Å². The van der Waals surface area contributed by atoms with Crippen molar-refractivity contribution < 1.29 is 4.39 Å². The van der Waals surface area contributed by atoms with E-state index >= 15 is 0 Å². The maximum atomic E-state index is 13.7. The third-order valence-corrected chi connectivity index (χ3v) is 2.53. The highest BCUT2D eigenvalue weighted by atomic mass is 35.5. The zero-order valence-electron chi connectivity index (χ0n) is 9.56. The Balaban J connectivity index is 2.59. The second kappa shape index (κ2) is 5.10. The minimum absolute atomic E-state index is 0.0597. The zero-order valence-corrected chi connectivity index (χ0v) is 10.3. The van der Waals surface area contributed by atoms with Crippen LogP contribution in [-0.4, -0.2) is 23.2 Å². The smallest absolute Gasteiger partial charge is 0.222 e. The number of rotatable bonds is 2. The van der Waals surface area contributed by atoms with Crippen molar-refractivity contribution in [3.8, 4) is 11.3 Å². The van der Waals surface area contributed by atoms with Gasteiger partial charge in [-0.3, -0.25) is 4.99 Å². The van der Waals surface area contributed by atoms with E-state index in [1.807, 2.05) is 0 Å². The van der Waals surface area contributed by atoms with Crippen molar-refractivity contribution in [2.75, 3.05) is 12.8 Å². The van der Waals surface area contributed by atoms with Crippen molar-refractivity contribution in [1.82, 2.24) is 9.97 Å². The number of hydrogen-bond donors (Lipinski definition) is 1. The molecule has 0 atom stereocenters. The van der Waals surface area contributed by atoms with Gasteiger partial charge in [-0.2, -0.15) is 0 Å². The Kier molecular flexibility index (Phi) is 3.53. The van der Waals surface area contributed by atoms with Gasteiger partial charge < -0.3 is 5.73 Å². The van der Waals surface area contributed by atoms with Gasteiger partial charge in [0.25, 0.3) is 0 Å². The van der Waals surface area contributed by atoms with Crippen LogP contribution in [0.4, 0.5) is 10.1 Å². The molecule has 18 heavy (non-hydrogen) atoms. The van der Waals surface area contributed by atoms with Gasteiger partial charge >= 0.3 is 0 Å². The molecule has 0 bridgehead atoms. The Morgan fingerprint density at radius 2 is 2.22 bits per heavy atom. The first kappa shape index (κ1) is 12.4. The van der Waals surface area contributed by atoms with Crippen LogP contribution in [0.15, 0.2) is 29.4 Å². The van der Waals surface area contributed by atoms with E-state index < -0.39 is 5.82 Å². The average Bonchev–Trinajstić information content (AvgIpc) is 2.35. The molecule has 6 heteroatoms. The monoisotopic (exact) mass is 264 g/mol. The number of hydrogen-bond acceptors (Lipinski definition) is 4. The van der Waals surface area contributed by atoms with Gasteiger partial charge in [0, 0.05) is 30.6 Å². The van der Waals surface area contributed by atoms with Crippen LogP contribution in [0.1, 0.15) is 5.56 Å². The number of halogens is 2. The summed E-state index contributed by atoms with van der Waals surface area (Å²) < 4.78 is 13.7. The molecule has 0 unspecified atom stereocenters. The predicted octanol–water partition coefficient (Wildman–Crippen LogP) is 2.57. The largest absolute Gasteiger partial charge is 0.396 e. The molecule has 0 spiro atoms. The number of aliphatic imine (C=N–C) groups is 1. The van der Waals surface area contributed by atoms with E-state index in [2.05, 4.69) is 15.0 Å². The van der Waals surface area contributed by atoms with Crippen LogP contribution in [-0.2, 0) is 0 Å². The topological polar surface area (TPSA) is 64.2 Å². The molecule has 0 fully saturated rings. The Morgan fingerprint density at radius 3 is 2.89 bits per heavy atom. The first-order chi connectivity index (χ1) is 8.61. The van der Waals surface area contributed by atoms with Gasteiger partial charge in [-0.25, -0.2) is 14.4 Å². The molecular weight excluding hydrogens is 255 g/mol. The summed E-state index contributed by atoms with van der Waals surface area (Å²) in [7, 11) is 1.59. The van der Waals surface area contributed by atoms with Gasteiger partial charge in [-0.05, 0) is 29.8 Å². The van der Waals surface area contributed by atoms with Crippen molar-refractivity contribution in [1.29, 1.82) is 0 Å². The van der Waals surface area contributed by atoms with E-state index in [0.717, 1.165) is 0 Å². The Morgan fingerprint density at radius 1 is 1.44 bits per heavy atom. The summed E-state index contributed by atoms with van der Waals surface area (Å²) in [6.45, 7) is 0. The minimum Gasteiger partial charge on any atom is -0.396 e. The fraction of sp³-hybridized carbons (Fsp3) is 0.0833. The number of nitrogens with zero attached hydrogens (tertiary/aromatic N) is 3. The summed E-state index contributed by atoms with van der Waals surface area (Å²) in [6, 6.07) is 4.65. The van der Waals surface area contributed by atoms with E-state index in [1.54, 1.807) is 19.2 Å². The van der Waals surface area contributed by atoms with Gasteiger partial charge in [0.1, 0.15) is 5.82 Å². The quantitative estimate of drug-likeness (QED) is 0.515. The van der Waals surface area contributed by atoms with Crippen LogP contribution >= 0.6 is 11.6 Å².